The highest BCUT2D eigenvalue weighted by Crippen LogP contribution is 2.25. The molecule has 2 aromatic heterocycles. The lowest BCUT2D eigenvalue weighted by molar-refractivity contribution is 0.100. The van der Waals surface area contributed by atoms with E-state index in [0.717, 1.165) is 12.5 Å². The molecule has 27 heavy (non-hydrogen) atoms. The number of nitrogens with zero attached hydrogens (tertiary/aromatic N) is 2. The van der Waals surface area contributed by atoms with Crippen molar-refractivity contribution in [3.8, 4) is 5.88 Å². The number of amides is 1. The van der Waals surface area contributed by atoms with Crippen LogP contribution < -0.4 is 26.8 Å². The summed E-state index contributed by atoms with van der Waals surface area (Å²) < 4.78 is 19.8. The highest BCUT2D eigenvalue weighted by molar-refractivity contribution is 5.98. The second-order valence-corrected chi connectivity index (χ2v) is 6.23. The average molecular weight is 376 g/mol. The van der Waals surface area contributed by atoms with Gasteiger partial charge in [0, 0.05) is 30.0 Å². The number of nitrogens with one attached hydrogen (secondary N) is 2. The van der Waals surface area contributed by atoms with Gasteiger partial charge in [-0.15, -0.1) is 0 Å². The summed E-state index contributed by atoms with van der Waals surface area (Å²) in [5.41, 5.74) is 11.7. The fraction of sp³-hybridized carbons (Fsp3) is 0.389. The molecule has 0 fully saturated rings. The molecule has 8 nitrogen and oxygen atoms in total. The van der Waals surface area contributed by atoms with Crippen LogP contribution in [0.4, 0.5) is 21.7 Å². The predicted octanol–water partition coefficient (Wildman–Crippen LogP) is 2.39. The normalized spacial score (nSPS) is 12.9. The smallest absolute Gasteiger partial charge is 0.252 e. The molecule has 146 valence electrons. The van der Waals surface area contributed by atoms with Crippen LogP contribution in [0.2, 0.25) is 0 Å². The quantitative estimate of drug-likeness (QED) is 0.529. The molecule has 1 amide bonds. The van der Waals surface area contributed by atoms with E-state index in [2.05, 4.69) is 20.6 Å². The first-order chi connectivity index (χ1) is 12.8. The van der Waals surface area contributed by atoms with Crippen molar-refractivity contribution in [3.63, 3.8) is 0 Å². The van der Waals surface area contributed by atoms with Crippen molar-refractivity contribution in [2.24, 2.45) is 11.5 Å². The number of halogens is 1. The highest BCUT2D eigenvalue weighted by atomic mass is 19.1. The molecule has 6 N–H and O–H groups in total. The summed E-state index contributed by atoms with van der Waals surface area (Å²) in [6.07, 6.45) is 2.40. The molecule has 2 heterocycles. The van der Waals surface area contributed by atoms with Gasteiger partial charge in [-0.2, -0.15) is 0 Å². The van der Waals surface area contributed by atoms with Crippen LogP contribution in [0.1, 0.15) is 37.6 Å². The van der Waals surface area contributed by atoms with Gasteiger partial charge in [-0.25, -0.2) is 14.4 Å². The van der Waals surface area contributed by atoms with Gasteiger partial charge in [-0.05, 0) is 32.4 Å². The number of ether oxygens (including phenoxy) is 1. The number of carbonyl (C=O) groups excluding carboxylic acids is 1. The van der Waals surface area contributed by atoms with E-state index in [1.807, 2.05) is 6.92 Å². The zero-order valence-corrected chi connectivity index (χ0v) is 15.6. The van der Waals surface area contributed by atoms with Crippen molar-refractivity contribution in [3.05, 3.63) is 35.8 Å². The minimum Gasteiger partial charge on any atom is -0.478 e. The largest absolute Gasteiger partial charge is 0.478 e. The Hall–Kier alpha value is -2.94. The Morgan fingerprint density at radius 1 is 1.33 bits per heavy atom. The molecule has 0 saturated carbocycles. The number of pyridine rings is 2. The summed E-state index contributed by atoms with van der Waals surface area (Å²) in [6, 6.07) is 3.92. The number of rotatable bonds is 9. The van der Waals surface area contributed by atoms with Crippen LogP contribution in [0.25, 0.3) is 0 Å². The Balaban J connectivity index is 2.34. The minimum atomic E-state index is -0.799. The standard InChI is InChI=1S/C18H25FN6O2/c1-4-7-27-15-8-12(5-6-22-15)24-17-13(16(21)26)9-14(19)18(25-17)23-11(3)10(2)20/h5-6,8-11H,4,7,20H2,1-3H3,(H2,21,26)(H2,22,23,24,25)/t10-,11+/m1/s1. The van der Waals surface area contributed by atoms with Crippen molar-refractivity contribution >= 4 is 23.2 Å². The summed E-state index contributed by atoms with van der Waals surface area (Å²) in [5.74, 6) is -0.969. The van der Waals surface area contributed by atoms with Gasteiger partial charge in [0.15, 0.2) is 11.6 Å². The Kier molecular flexibility index (Phi) is 6.89. The van der Waals surface area contributed by atoms with E-state index in [-0.39, 0.29) is 29.3 Å². The van der Waals surface area contributed by atoms with Gasteiger partial charge in [0.2, 0.25) is 5.88 Å². The van der Waals surface area contributed by atoms with Gasteiger partial charge in [0.05, 0.1) is 12.2 Å². The predicted molar refractivity (Wildman–Crippen MR) is 103 cm³/mol. The average Bonchev–Trinajstić information content (AvgIpc) is 2.62. The van der Waals surface area contributed by atoms with Crippen LogP contribution in [-0.4, -0.2) is 34.6 Å². The first-order valence-corrected chi connectivity index (χ1v) is 8.70. The summed E-state index contributed by atoms with van der Waals surface area (Å²) in [7, 11) is 0. The fourth-order valence-corrected chi connectivity index (χ4v) is 2.13. The summed E-state index contributed by atoms with van der Waals surface area (Å²) >= 11 is 0. The molecule has 2 rings (SSSR count). The van der Waals surface area contributed by atoms with Crippen molar-refractivity contribution in [1.82, 2.24) is 9.97 Å². The summed E-state index contributed by atoms with van der Waals surface area (Å²) in [5, 5.41) is 5.87. The van der Waals surface area contributed by atoms with Crippen LogP contribution in [0, 0.1) is 5.82 Å². The van der Waals surface area contributed by atoms with E-state index < -0.39 is 11.7 Å². The molecule has 2 aromatic rings. The first kappa shape index (κ1) is 20.4. The summed E-state index contributed by atoms with van der Waals surface area (Å²) in [4.78, 5) is 20.0. The molecule has 9 heteroatoms. The van der Waals surface area contributed by atoms with E-state index in [1.54, 1.807) is 32.2 Å². The second-order valence-electron chi connectivity index (χ2n) is 6.23. The third-order valence-corrected chi connectivity index (χ3v) is 3.85. The lowest BCUT2D eigenvalue weighted by Gasteiger charge is -2.20. The molecule has 0 aromatic carbocycles. The van der Waals surface area contributed by atoms with Gasteiger partial charge in [-0.1, -0.05) is 6.92 Å². The zero-order chi connectivity index (χ0) is 20.0. The van der Waals surface area contributed by atoms with E-state index in [0.29, 0.717) is 18.2 Å². The van der Waals surface area contributed by atoms with Gasteiger partial charge in [-0.3, -0.25) is 4.79 Å². The number of aromatic nitrogens is 2. The Morgan fingerprint density at radius 2 is 2.07 bits per heavy atom. The maximum absolute atomic E-state index is 14.3. The molecular weight excluding hydrogens is 351 g/mol. The van der Waals surface area contributed by atoms with Gasteiger partial charge in [0.1, 0.15) is 5.82 Å². The van der Waals surface area contributed by atoms with E-state index >= 15 is 0 Å². The summed E-state index contributed by atoms with van der Waals surface area (Å²) in [6.45, 7) is 6.12. The molecule has 0 bridgehead atoms. The number of anilines is 3. The fourth-order valence-electron chi connectivity index (χ4n) is 2.13. The van der Waals surface area contributed by atoms with Crippen molar-refractivity contribution in [2.45, 2.75) is 39.3 Å². The first-order valence-electron chi connectivity index (χ1n) is 8.70. The molecule has 0 spiro atoms. The van der Waals surface area contributed by atoms with Gasteiger partial charge in [0.25, 0.3) is 5.91 Å². The third kappa shape index (κ3) is 5.52. The molecule has 0 unspecified atom stereocenters. The van der Waals surface area contributed by atoms with Crippen LogP contribution >= 0.6 is 0 Å². The number of carbonyl (C=O) groups is 1. The molecule has 0 saturated heterocycles. The topological polar surface area (TPSA) is 128 Å². The maximum Gasteiger partial charge on any atom is 0.252 e. The van der Waals surface area contributed by atoms with E-state index in [9.17, 15) is 9.18 Å². The van der Waals surface area contributed by atoms with E-state index in [1.165, 1.54) is 0 Å². The second kappa shape index (κ2) is 9.13. The van der Waals surface area contributed by atoms with Crippen LogP contribution in [0.3, 0.4) is 0 Å². The number of primary amides is 1. The lowest BCUT2D eigenvalue weighted by Crippen LogP contribution is -2.35. The number of hydrogen-bond acceptors (Lipinski definition) is 7. The Labute approximate surface area is 157 Å². The molecular formula is C18H25FN6O2. The minimum absolute atomic E-state index is 0.0242. The number of hydrogen-bond donors (Lipinski definition) is 4. The monoisotopic (exact) mass is 376 g/mol. The van der Waals surface area contributed by atoms with E-state index in [4.69, 9.17) is 16.2 Å². The Bertz CT molecular complexity index is 799. The lowest BCUT2D eigenvalue weighted by atomic mass is 10.2. The van der Waals surface area contributed by atoms with Crippen molar-refractivity contribution in [2.75, 3.05) is 17.2 Å². The SMILES string of the molecule is CCCOc1cc(Nc2nc(N[C@@H](C)[C@@H](C)N)c(F)cc2C(N)=O)ccn1. The van der Waals surface area contributed by atoms with Crippen LogP contribution in [0.5, 0.6) is 5.88 Å². The van der Waals surface area contributed by atoms with Crippen molar-refractivity contribution in [1.29, 1.82) is 0 Å². The maximum atomic E-state index is 14.3. The van der Waals surface area contributed by atoms with Crippen LogP contribution in [0.15, 0.2) is 24.4 Å². The number of nitrogens with two attached hydrogens (primary N) is 2. The molecule has 0 aliphatic rings. The Morgan fingerprint density at radius 3 is 2.70 bits per heavy atom. The zero-order valence-electron chi connectivity index (χ0n) is 15.6. The molecule has 2 atom stereocenters. The third-order valence-electron chi connectivity index (χ3n) is 3.85. The molecule has 0 aliphatic carbocycles. The molecule has 0 aliphatic heterocycles. The molecule has 0 radical (unpaired) electrons. The highest BCUT2D eigenvalue weighted by Gasteiger charge is 2.18. The van der Waals surface area contributed by atoms with Gasteiger partial charge < -0.3 is 26.8 Å². The van der Waals surface area contributed by atoms with Crippen molar-refractivity contribution < 1.29 is 13.9 Å². The van der Waals surface area contributed by atoms with Crippen LogP contribution in [-0.2, 0) is 0 Å². The van der Waals surface area contributed by atoms with Gasteiger partial charge >= 0.3 is 0 Å².